The van der Waals surface area contributed by atoms with Crippen LogP contribution in [0.25, 0.3) is 10.9 Å². The minimum absolute atomic E-state index is 0.215. The molecule has 15 heteroatoms. The van der Waals surface area contributed by atoms with Gasteiger partial charge in [0.15, 0.2) is 0 Å². The number of nitrogens with one attached hydrogen (secondary N) is 1. The van der Waals surface area contributed by atoms with Gasteiger partial charge in [0.05, 0.1) is 20.7 Å². The monoisotopic (exact) mass is 387 g/mol. The van der Waals surface area contributed by atoms with E-state index < -0.39 is 66.9 Å². The van der Waals surface area contributed by atoms with E-state index in [1.54, 1.807) is 0 Å². The largest absolute Gasteiger partial charge is 0.501 e. The van der Waals surface area contributed by atoms with Crippen LogP contribution in [0.1, 0.15) is 11.1 Å². The Morgan fingerprint density at radius 1 is 0.962 bits per heavy atom. The van der Waals surface area contributed by atoms with Crippen LogP contribution in [0.5, 0.6) is 5.75 Å². The van der Waals surface area contributed by atoms with Crippen LogP contribution in [-0.2, 0) is 12.4 Å². The Labute approximate surface area is 135 Å². The average molecular weight is 387 g/mol. The van der Waals surface area contributed by atoms with Gasteiger partial charge in [0.1, 0.15) is 11.1 Å². The van der Waals surface area contributed by atoms with Gasteiger partial charge >= 0.3 is 23.6 Å². The van der Waals surface area contributed by atoms with Crippen molar-refractivity contribution in [1.29, 1.82) is 0 Å². The second-order valence-electron chi connectivity index (χ2n) is 4.73. The van der Waals surface area contributed by atoms with E-state index in [1.807, 2.05) is 0 Å². The number of aromatic hydroxyl groups is 1. The highest BCUT2D eigenvalue weighted by Gasteiger charge is 2.49. The first-order chi connectivity index (χ1) is 11.7. The molecular formula is C11H3F6N3O6. The fraction of sp³-hybridized carbons (Fsp3) is 0.182. The first-order valence-corrected chi connectivity index (χ1v) is 6.07. The van der Waals surface area contributed by atoms with Crippen LogP contribution in [-0.4, -0.2) is 19.9 Å². The van der Waals surface area contributed by atoms with Crippen LogP contribution < -0.4 is 5.56 Å². The number of hydrogen-bond acceptors (Lipinski definition) is 6. The molecule has 0 saturated carbocycles. The lowest BCUT2D eigenvalue weighted by Gasteiger charge is -2.16. The Morgan fingerprint density at radius 2 is 1.46 bits per heavy atom. The van der Waals surface area contributed by atoms with E-state index in [9.17, 15) is 56.5 Å². The zero-order valence-corrected chi connectivity index (χ0v) is 11.7. The highest BCUT2D eigenvalue weighted by Crippen LogP contribution is 2.49. The second kappa shape index (κ2) is 5.57. The number of benzene rings is 1. The first kappa shape index (κ1) is 18.9. The molecule has 140 valence electrons. The molecule has 0 atom stereocenters. The fourth-order valence-corrected chi connectivity index (χ4v) is 2.28. The van der Waals surface area contributed by atoms with Gasteiger partial charge in [0.2, 0.25) is 5.75 Å². The van der Waals surface area contributed by atoms with Crippen molar-refractivity contribution in [3.05, 3.63) is 47.8 Å². The molecule has 2 N–H and O–H groups in total. The van der Waals surface area contributed by atoms with Gasteiger partial charge in [0.25, 0.3) is 5.69 Å². The number of rotatable bonds is 2. The van der Waals surface area contributed by atoms with E-state index in [0.717, 1.165) is 0 Å². The van der Waals surface area contributed by atoms with Gasteiger partial charge in [-0.2, -0.15) is 26.3 Å². The number of nitro benzene ring substituents is 1. The molecule has 2 rings (SSSR count). The van der Waals surface area contributed by atoms with Gasteiger partial charge < -0.3 is 10.1 Å². The van der Waals surface area contributed by atoms with Crippen LogP contribution in [0.15, 0.2) is 10.9 Å². The molecule has 0 spiro atoms. The summed E-state index contributed by atoms with van der Waals surface area (Å²) in [6.07, 6.45) is -11.5. The van der Waals surface area contributed by atoms with Crippen molar-refractivity contribution in [1.82, 2.24) is 4.98 Å². The molecule has 2 aromatic rings. The number of aromatic nitrogens is 1. The van der Waals surface area contributed by atoms with Gasteiger partial charge in [-0.15, -0.1) is 0 Å². The lowest BCUT2D eigenvalue weighted by atomic mass is 9.99. The maximum Gasteiger partial charge on any atom is 0.423 e. The number of halogens is 6. The number of alkyl halides is 6. The van der Waals surface area contributed by atoms with Crippen LogP contribution >= 0.6 is 0 Å². The number of fused-ring (bicyclic) bond motifs is 1. The van der Waals surface area contributed by atoms with Gasteiger partial charge in [-0.25, -0.2) is 0 Å². The zero-order valence-electron chi connectivity index (χ0n) is 11.7. The maximum absolute atomic E-state index is 13.3. The molecule has 0 unspecified atom stereocenters. The number of nitro groups is 2. The third-order valence-electron chi connectivity index (χ3n) is 3.18. The number of pyridine rings is 1. The summed E-state index contributed by atoms with van der Waals surface area (Å²) in [5.74, 6) is -1.95. The fourth-order valence-electron chi connectivity index (χ4n) is 2.28. The lowest BCUT2D eigenvalue weighted by Crippen LogP contribution is -2.19. The summed E-state index contributed by atoms with van der Waals surface area (Å²) >= 11 is 0. The summed E-state index contributed by atoms with van der Waals surface area (Å²) in [6.45, 7) is 0. The van der Waals surface area contributed by atoms with Crippen LogP contribution in [0.2, 0.25) is 0 Å². The summed E-state index contributed by atoms with van der Waals surface area (Å²) in [6, 6.07) is -0.215. The Kier molecular flexibility index (Phi) is 4.05. The SMILES string of the molecule is O=c1[nH]c2cc(C(F)(F)F)c([N+](=O)[O-])c(C(F)(F)F)c2c(O)c1[N+](=O)[O-]. The molecule has 0 aliphatic rings. The smallest absolute Gasteiger partial charge is 0.423 e. The third kappa shape index (κ3) is 2.86. The van der Waals surface area contributed by atoms with Crippen molar-refractivity contribution in [3.8, 4) is 5.75 Å². The highest BCUT2D eigenvalue weighted by atomic mass is 19.4. The predicted molar refractivity (Wildman–Crippen MR) is 69.5 cm³/mol. The minimum atomic E-state index is -5.83. The summed E-state index contributed by atoms with van der Waals surface area (Å²) in [4.78, 5) is 30.9. The molecule has 1 aromatic carbocycles. The first-order valence-electron chi connectivity index (χ1n) is 6.07. The molecule has 0 bridgehead atoms. The van der Waals surface area contributed by atoms with E-state index in [-0.39, 0.29) is 6.07 Å². The number of nitrogens with zero attached hydrogens (tertiary/aromatic N) is 2. The molecule has 1 aromatic heterocycles. The highest BCUT2D eigenvalue weighted by molar-refractivity contribution is 5.95. The molecular weight excluding hydrogens is 384 g/mol. The lowest BCUT2D eigenvalue weighted by molar-refractivity contribution is -0.391. The van der Waals surface area contributed by atoms with Gasteiger partial charge in [0, 0.05) is 0 Å². The van der Waals surface area contributed by atoms with Gasteiger partial charge in [-0.1, -0.05) is 0 Å². The summed E-state index contributed by atoms with van der Waals surface area (Å²) in [5.41, 5.74) is -12.3. The van der Waals surface area contributed by atoms with Crippen molar-refractivity contribution in [2.45, 2.75) is 12.4 Å². The molecule has 26 heavy (non-hydrogen) atoms. The molecule has 0 aliphatic heterocycles. The summed E-state index contributed by atoms with van der Waals surface area (Å²) in [5, 5.41) is 29.6. The minimum Gasteiger partial charge on any atom is -0.501 e. The van der Waals surface area contributed by atoms with E-state index >= 15 is 0 Å². The summed E-state index contributed by atoms with van der Waals surface area (Å²) in [7, 11) is 0. The number of aromatic amines is 1. The standard InChI is InChI=1S/C11H3F6N3O6/c12-10(13,14)2-1-3-4(5(11(15,16)17)6(2)19(23)24)8(21)7(20(25)26)9(22)18-3/h1H,(H2,18,21,22). The number of H-pyrrole nitrogens is 1. The molecule has 0 aliphatic carbocycles. The average Bonchev–Trinajstić information content (AvgIpc) is 2.42. The van der Waals surface area contributed by atoms with Crippen molar-refractivity contribution in [2.24, 2.45) is 0 Å². The van der Waals surface area contributed by atoms with E-state index in [0.29, 0.717) is 0 Å². The van der Waals surface area contributed by atoms with E-state index in [4.69, 9.17) is 0 Å². The molecule has 0 amide bonds. The Morgan fingerprint density at radius 3 is 1.85 bits per heavy atom. The van der Waals surface area contributed by atoms with Gasteiger partial charge in [-0.05, 0) is 6.07 Å². The van der Waals surface area contributed by atoms with Crippen LogP contribution in [0.4, 0.5) is 37.7 Å². The van der Waals surface area contributed by atoms with E-state index in [2.05, 4.69) is 0 Å². The molecule has 0 fully saturated rings. The molecule has 1 heterocycles. The van der Waals surface area contributed by atoms with Crippen molar-refractivity contribution >= 4 is 22.3 Å². The zero-order chi connectivity index (χ0) is 20.2. The van der Waals surface area contributed by atoms with Crippen molar-refractivity contribution < 1.29 is 41.3 Å². The number of hydrogen-bond donors (Lipinski definition) is 2. The maximum atomic E-state index is 13.3. The molecule has 0 saturated heterocycles. The predicted octanol–water partition coefficient (Wildman–Crippen LogP) is 3.09. The van der Waals surface area contributed by atoms with Crippen molar-refractivity contribution in [3.63, 3.8) is 0 Å². The quantitative estimate of drug-likeness (QED) is 0.461. The third-order valence-corrected chi connectivity index (χ3v) is 3.18. The summed E-state index contributed by atoms with van der Waals surface area (Å²) < 4.78 is 78.8. The molecule has 0 radical (unpaired) electrons. The Balaban J connectivity index is 3.29. The molecule has 9 nitrogen and oxygen atoms in total. The van der Waals surface area contributed by atoms with E-state index in [1.165, 1.54) is 4.98 Å². The Hall–Kier alpha value is -3.39. The normalized spacial score (nSPS) is 12.4. The second-order valence-corrected chi connectivity index (χ2v) is 4.73. The van der Waals surface area contributed by atoms with Crippen LogP contribution in [0.3, 0.4) is 0 Å². The Bertz CT molecular complexity index is 1010. The van der Waals surface area contributed by atoms with Crippen LogP contribution in [0, 0.1) is 20.2 Å². The van der Waals surface area contributed by atoms with Gasteiger partial charge in [-0.3, -0.25) is 25.0 Å². The topological polar surface area (TPSA) is 139 Å². The van der Waals surface area contributed by atoms with Crippen molar-refractivity contribution in [2.75, 3.05) is 0 Å².